The highest BCUT2D eigenvalue weighted by Crippen LogP contribution is 2.35. The summed E-state index contributed by atoms with van der Waals surface area (Å²) >= 11 is 0. The van der Waals surface area contributed by atoms with Gasteiger partial charge in [0.15, 0.2) is 17.9 Å². The number of hydrogen-bond donors (Lipinski definition) is 0. The van der Waals surface area contributed by atoms with E-state index in [4.69, 9.17) is 4.74 Å². The van der Waals surface area contributed by atoms with E-state index in [9.17, 15) is 26.7 Å². The van der Waals surface area contributed by atoms with Crippen LogP contribution in [0.3, 0.4) is 0 Å². The Morgan fingerprint density at radius 3 is 2.10 bits per heavy atom. The van der Waals surface area contributed by atoms with E-state index in [1.165, 1.54) is 0 Å². The van der Waals surface area contributed by atoms with Crippen LogP contribution in [0.25, 0.3) is 0 Å². The largest absolute Gasteiger partial charge is 0.457 e. The molecule has 0 atom stereocenters. The Morgan fingerprint density at radius 1 is 0.905 bits per heavy atom. The molecule has 2 rings (SSSR count). The number of ether oxygens (including phenoxy) is 1. The van der Waals surface area contributed by atoms with E-state index in [0.29, 0.717) is 12.1 Å². The monoisotopic (exact) mass is 302 g/mol. The van der Waals surface area contributed by atoms with Gasteiger partial charge in [-0.15, -0.1) is 0 Å². The summed E-state index contributed by atoms with van der Waals surface area (Å²) in [7, 11) is 0. The fourth-order valence-corrected chi connectivity index (χ4v) is 1.62. The zero-order valence-corrected chi connectivity index (χ0v) is 10.2. The summed E-state index contributed by atoms with van der Waals surface area (Å²) in [6.07, 6.45) is -4.66. The average molecular weight is 302 g/mol. The van der Waals surface area contributed by atoms with Crippen molar-refractivity contribution in [1.29, 1.82) is 0 Å². The van der Waals surface area contributed by atoms with Crippen molar-refractivity contribution >= 4 is 6.29 Å². The molecule has 0 fully saturated rings. The van der Waals surface area contributed by atoms with E-state index in [1.54, 1.807) is 0 Å². The van der Waals surface area contributed by atoms with Crippen LogP contribution in [0.15, 0.2) is 36.4 Å². The molecule has 0 unspecified atom stereocenters. The lowest BCUT2D eigenvalue weighted by Gasteiger charge is -2.12. The molecule has 0 heterocycles. The van der Waals surface area contributed by atoms with Gasteiger partial charge in [-0.25, -0.2) is 8.78 Å². The molecule has 0 radical (unpaired) electrons. The maximum atomic E-state index is 13.0. The minimum absolute atomic E-state index is 0.0736. The first kappa shape index (κ1) is 15.0. The lowest BCUT2D eigenvalue weighted by molar-refractivity contribution is -0.137. The summed E-state index contributed by atoms with van der Waals surface area (Å²) in [5.74, 6) is -2.71. The molecule has 110 valence electrons. The molecular weight excluding hydrogens is 295 g/mol. The fourth-order valence-electron chi connectivity index (χ4n) is 1.62. The first-order valence-electron chi connectivity index (χ1n) is 5.60. The molecule has 2 aromatic carbocycles. The van der Waals surface area contributed by atoms with Crippen molar-refractivity contribution in [2.45, 2.75) is 6.18 Å². The van der Waals surface area contributed by atoms with Crippen LogP contribution in [0.5, 0.6) is 11.5 Å². The van der Waals surface area contributed by atoms with Crippen LogP contribution in [0.4, 0.5) is 22.0 Å². The third-order valence-electron chi connectivity index (χ3n) is 2.58. The standard InChI is InChI=1S/C14H7F5O2/c15-12-4-3-10(6-13(12)16)21-9-2-1-8(7-20)11(5-9)14(17,18)19/h1-7H. The topological polar surface area (TPSA) is 26.3 Å². The molecule has 2 nitrogen and oxygen atoms in total. The summed E-state index contributed by atoms with van der Waals surface area (Å²) in [4.78, 5) is 10.6. The molecule has 0 bridgehead atoms. The Labute approximate surface area is 115 Å². The van der Waals surface area contributed by atoms with E-state index >= 15 is 0 Å². The van der Waals surface area contributed by atoms with Gasteiger partial charge in [-0.3, -0.25) is 4.79 Å². The summed E-state index contributed by atoms with van der Waals surface area (Å²) < 4.78 is 69.0. The van der Waals surface area contributed by atoms with Crippen LogP contribution in [-0.4, -0.2) is 6.29 Å². The minimum atomic E-state index is -4.73. The highest BCUT2D eigenvalue weighted by Gasteiger charge is 2.33. The summed E-state index contributed by atoms with van der Waals surface area (Å²) in [6.45, 7) is 0. The Kier molecular flexibility index (Phi) is 3.93. The van der Waals surface area contributed by atoms with E-state index < -0.39 is 28.9 Å². The van der Waals surface area contributed by atoms with Crippen molar-refractivity contribution in [3.8, 4) is 11.5 Å². The smallest absolute Gasteiger partial charge is 0.417 e. The number of carbonyl (C=O) groups is 1. The normalized spacial score (nSPS) is 11.3. The summed E-state index contributed by atoms with van der Waals surface area (Å²) in [6, 6.07) is 5.24. The van der Waals surface area contributed by atoms with Crippen molar-refractivity contribution in [3.63, 3.8) is 0 Å². The SMILES string of the molecule is O=Cc1ccc(Oc2ccc(F)c(F)c2)cc1C(F)(F)F. The zero-order valence-electron chi connectivity index (χ0n) is 10.2. The third kappa shape index (κ3) is 3.36. The predicted molar refractivity (Wildman–Crippen MR) is 63.3 cm³/mol. The highest BCUT2D eigenvalue weighted by molar-refractivity contribution is 5.78. The molecule has 0 amide bonds. The van der Waals surface area contributed by atoms with E-state index in [2.05, 4.69) is 0 Å². The number of hydrogen-bond acceptors (Lipinski definition) is 2. The van der Waals surface area contributed by atoms with Gasteiger partial charge < -0.3 is 4.74 Å². The molecule has 0 spiro atoms. The van der Waals surface area contributed by atoms with Gasteiger partial charge in [-0.1, -0.05) is 0 Å². The van der Waals surface area contributed by atoms with Crippen molar-refractivity contribution < 1.29 is 31.5 Å². The van der Waals surface area contributed by atoms with Gasteiger partial charge in [-0.2, -0.15) is 13.2 Å². The van der Waals surface area contributed by atoms with Gasteiger partial charge in [0, 0.05) is 11.6 Å². The second-order valence-corrected chi connectivity index (χ2v) is 4.04. The van der Waals surface area contributed by atoms with Crippen LogP contribution in [0.2, 0.25) is 0 Å². The number of halogens is 5. The number of carbonyl (C=O) groups excluding carboxylic acids is 1. The van der Waals surface area contributed by atoms with Crippen molar-refractivity contribution in [2.24, 2.45) is 0 Å². The van der Waals surface area contributed by atoms with Gasteiger partial charge in [0.1, 0.15) is 11.5 Å². The van der Waals surface area contributed by atoms with Gasteiger partial charge >= 0.3 is 6.18 Å². The third-order valence-corrected chi connectivity index (χ3v) is 2.58. The number of benzene rings is 2. The first-order valence-corrected chi connectivity index (χ1v) is 5.60. The van der Waals surface area contributed by atoms with Crippen molar-refractivity contribution in [2.75, 3.05) is 0 Å². The lowest BCUT2D eigenvalue weighted by Crippen LogP contribution is -2.09. The maximum absolute atomic E-state index is 13.0. The minimum Gasteiger partial charge on any atom is -0.457 e. The molecule has 0 saturated heterocycles. The second kappa shape index (κ2) is 5.51. The average Bonchev–Trinajstić information content (AvgIpc) is 2.42. The highest BCUT2D eigenvalue weighted by atomic mass is 19.4. The van der Waals surface area contributed by atoms with Crippen molar-refractivity contribution in [3.05, 3.63) is 59.2 Å². The van der Waals surface area contributed by atoms with E-state index in [-0.39, 0.29) is 17.8 Å². The Bertz CT molecular complexity index is 680. The molecular formula is C14H7F5O2. The summed E-state index contributed by atoms with van der Waals surface area (Å²) in [5.41, 5.74) is -1.71. The van der Waals surface area contributed by atoms with Crippen LogP contribution in [-0.2, 0) is 6.18 Å². The predicted octanol–water partition coefficient (Wildman–Crippen LogP) is 4.59. The van der Waals surface area contributed by atoms with E-state index in [1.807, 2.05) is 0 Å². The van der Waals surface area contributed by atoms with Gasteiger partial charge in [-0.05, 0) is 30.3 Å². The number of aldehydes is 1. The quantitative estimate of drug-likeness (QED) is 0.612. The van der Waals surface area contributed by atoms with Crippen LogP contribution in [0.1, 0.15) is 15.9 Å². The van der Waals surface area contributed by atoms with Gasteiger partial charge in [0.2, 0.25) is 0 Å². The number of rotatable bonds is 3. The molecule has 0 aliphatic heterocycles. The van der Waals surface area contributed by atoms with Crippen molar-refractivity contribution in [1.82, 2.24) is 0 Å². The molecule has 0 aromatic heterocycles. The summed E-state index contributed by atoms with van der Waals surface area (Å²) in [5, 5.41) is 0. The van der Waals surface area contributed by atoms with Crippen LogP contribution in [0, 0.1) is 11.6 Å². The van der Waals surface area contributed by atoms with E-state index in [0.717, 1.165) is 24.3 Å². The first-order chi connectivity index (χ1) is 9.81. The fraction of sp³-hybridized carbons (Fsp3) is 0.0714. The second-order valence-electron chi connectivity index (χ2n) is 4.04. The van der Waals surface area contributed by atoms with Gasteiger partial charge in [0.05, 0.1) is 5.56 Å². The Hall–Kier alpha value is -2.44. The Morgan fingerprint density at radius 2 is 1.52 bits per heavy atom. The lowest BCUT2D eigenvalue weighted by atomic mass is 10.1. The maximum Gasteiger partial charge on any atom is 0.417 e. The molecule has 0 aliphatic carbocycles. The van der Waals surface area contributed by atoms with Gasteiger partial charge in [0.25, 0.3) is 0 Å². The molecule has 0 N–H and O–H groups in total. The Balaban J connectivity index is 2.36. The number of alkyl halides is 3. The van der Waals surface area contributed by atoms with Crippen LogP contribution >= 0.6 is 0 Å². The zero-order chi connectivity index (χ0) is 15.6. The molecule has 7 heteroatoms. The molecule has 0 saturated carbocycles. The van der Waals surface area contributed by atoms with Crippen LogP contribution < -0.4 is 4.74 Å². The molecule has 21 heavy (non-hydrogen) atoms. The molecule has 2 aromatic rings. The molecule has 0 aliphatic rings.